The first-order chi connectivity index (χ1) is 15.5. The summed E-state index contributed by atoms with van der Waals surface area (Å²) in [5, 5.41) is 0. The van der Waals surface area contributed by atoms with Crippen molar-refractivity contribution >= 4 is 5.91 Å². The lowest BCUT2D eigenvalue weighted by molar-refractivity contribution is -0.132. The van der Waals surface area contributed by atoms with Gasteiger partial charge in [-0.3, -0.25) is 9.69 Å². The predicted octanol–water partition coefficient (Wildman–Crippen LogP) is 4.42. The van der Waals surface area contributed by atoms with E-state index in [-0.39, 0.29) is 18.4 Å². The summed E-state index contributed by atoms with van der Waals surface area (Å²) in [5.41, 5.74) is 1.94. The van der Waals surface area contributed by atoms with E-state index < -0.39 is 6.61 Å². The van der Waals surface area contributed by atoms with Gasteiger partial charge in [-0.1, -0.05) is 31.0 Å². The van der Waals surface area contributed by atoms with Gasteiger partial charge in [0.25, 0.3) is 0 Å². The number of carbonyl (C=O) groups excluding carboxylic acids is 1. The summed E-state index contributed by atoms with van der Waals surface area (Å²) < 4.78 is 39.9. The predicted molar refractivity (Wildman–Crippen MR) is 115 cm³/mol. The van der Waals surface area contributed by atoms with Crippen molar-refractivity contribution < 1.29 is 27.8 Å². The first-order valence-corrected chi connectivity index (χ1v) is 10.9. The number of amides is 1. The average molecular weight is 446 g/mol. The van der Waals surface area contributed by atoms with E-state index in [0.29, 0.717) is 25.7 Å². The fourth-order valence-electron chi connectivity index (χ4n) is 4.29. The second-order valence-corrected chi connectivity index (χ2v) is 8.30. The number of rotatable bonds is 9. The van der Waals surface area contributed by atoms with Gasteiger partial charge in [-0.15, -0.1) is 0 Å². The average Bonchev–Trinajstić information content (AvgIpc) is 3.46. The third-order valence-electron chi connectivity index (χ3n) is 6.00. The number of hydrogen-bond donors (Lipinski definition) is 0. The van der Waals surface area contributed by atoms with Crippen LogP contribution in [0.15, 0.2) is 42.5 Å². The Kier molecular flexibility index (Phi) is 7.09. The van der Waals surface area contributed by atoms with Crippen LogP contribution in [0.4, 0.5) is 8.78 Å². The van der Waals surface area contributed by atoms with Gasteiger partial charge >= 0.3 is 6.61 Å². The Bertz CT molecular complexity index is 917. The molecule has 4 rings (SSSR count). The van der Waals surface area contributed by atoms with Crippen molar-refractivity contribution in [3.8, 4) is 17.2 Å². The Morgan fingerprint density at radius 3 is 2.44 bits per heavy atom. The SMILES string of the molecule is CN(Cc1ccc(OC(F)F)cc1)C(=O)CN(Cc1ccc2c(c1)OCO2)C1CCCC1. The maximum absolute atomic E-state index is 13.0. The molecular weight excluding hydrogens is 418 g/mol. The lowest BCUT2D eigenvalue weighted by atomic mass is 10.1. The highest BCUT2D eigenvalue weighted by Gasteiger charge is 2.26. The van der Waals surface area contributed by atoms with Crippen molar-refractivity contribution in [2.45, 2.75) is 51.4 Å². The first kappa shape index (κ1) is 22.3. The second kappa shape index (κ2) is 10.2. The highest BCUT2D eigenvalue weighted by Crippen LogP contribution is 2.33. The fraction of sp³-hybridized carbons (Fsp3) is 0.458. The van der Waals surface area contributed by atoms with Gasteiger partial charge in [-0.2, -0.15) is 8.78 Å². The summed E-state index contributed by atoms with van der Waals surface area (Å²) in [7, 11) is 1.76. The van der Waals surface area contributed by atoms with E-state index in [2.05, 4.69) is 9.64 Å². The minimum atomic E-state index is -2.85. The first-order valence-electron chi connectivity index (χ1n) is 10.9. The molecule has 172 valence electrons. The molecule has 1 saturated carbocycles. The Balaban J connectivity index is 1.38. The Morgan fingerprint density at radius 1 is 1.03 bits per heavy atom. The van der Waals surface area contributed by atoms with E-state index in [4.69, 9.17) is 9.47 Å². The van der Waals surface area contributed by atoms with Gasteiger partial charge in [0, 0.05) is 26.2 Å². The summed E-state index contributed by atoms with van der Waals surface area (Å²) in [6.07, 6.45) is 4.54. The number of benzene rings is 2. The zero-order valence-electron chi connectivity index (χ0n) is 18.1. The third-order valence-corrected chi connectivity index (χ3v) is 6.00. The van der Waals surface area contributed by atoms with Crippen LogP contribution in [-0.2, 0) is 17.9 Å². The number of halogens is 2. The molecule has 1 aliphatic heterocycles. The maximum Gasteiger partial charge on any atom is 0.387 e. The summed E-state index contributed by atoms with van der Waals surface area (Å²) >= 11 is 0. The van der Waals surface area contributed by atoms with E-state index in [9.17, 15) is 13.6 Å². The summed E-state index contributed by atoms with van der Waals surface area (Å²) in [4.78, 5) is 16.9. The smallest absolute Gasteiger partial charge is 0.387 e. The molecule has 0 bridgehead atoms. The maximum atomic E-state index is 13.0. The van der Waals surface area contributed by atoms with Crippen molar-refractivity contribution in [1.82, 2.24) is 9.80 Å². The molecule has 0 unspecified atom stereocenters. The lowest BCUT2D eigenvalue weighted by Gasteiger charge is -2.30. The highest BCUT2D eigenvalue weighted by molar-refractivity contribution is 5.78. The highest BCUT2D eigenvalue weighted by atomic mass is 19.3. The molecule has 0 aromatic heterocycles. The van der Waals surface area contributed by atoms with Crippen LogP contribution in [0.5, 0.6) is 17.2 Å². The number of ether oxygens (including phenoxy) is 3. The molecule has 1 aliphatic carbocycles. The van der Waals surface area contributed by atoms with Crippen LogP contribution in [0.1, 0.15) is 36.8 Å². The molecule has 2 aromatic rings. The molecule has 1 fully saturated rings. The topological polar surface area (TPSA) is 51.2 Å². The minimum Gasteiger partial charge on any atom is -0.454 e. The Morgan fingerprint density at radius 2 is 1.72 bits per heavy atom. The monoisotopic (exact) mass is 446 g/mol. The van der Waals surface area contributed by atoms with E-state index in [1.165, 1.54) is 25.0 Å². The van der Waals surface area contributed by atoms with Crippen LogP contribution in [0.3, 0.4) is 0 Å². The van der Waals surface area contributed by atoms with Crippen molar-refractivity contribution in [2.24, 2.45) is 0 Å². The number of likely N-dealkylation sites (N-methyl/N-ethyl adjacent to an activating group) is 1. The molecule has 0 N–H and O–H groups in total. The van der Waals surface area contributed by atoms with Gasteiger partial charge < -0.3 is 19.1 Å². The Hall–Kier alpha value is -2.87. The van der Waals surface area contributed by atoms with Crippen molar-refractivity contribution in [3.63, 3.8) is 0 Å². The largest absolute Gasteiger partial charge is 0.454 e. The van der Waals surface area contributed by atoms with Crippen LogP contribution in [0.25, 0.3) is 0 Å². The van der Waals surface area contributed by atoms with Crippen LogP contribution in [0.2, 0.25) is 0 Å². The van der Waals surface area contributed by atoms with E-state index in [1.54, 1.807) is 24.1 Å². The zero-order valence-corrected chi connectivity index (χ0v) is 18.1. The molecule has 1 amide bonds. The summed E-state index contributed by atoms with van der Waals surface area (Å²) in [5.74, 6) is 1.62. The molecule has 1 heterocycles. The van der Waals surface area contributed by atoms with Crippen LogP contribution in [-0.4, -0.2) is 48.7 Å². The van der Waals surface area contributed by atoms with Gasteiger partial charge in [0.1, 0.15) is 5.75 Å². The quantitative estimate of drug-likeness (QED) is 0.571. The second-order valence-electron chi connectivity index (χ2n) is 8.30. The van der Waals surface area contributed by atoms with Gasteiger partial charge in [0.2, 0.25) is 12.7 Å². The number of hydrogen-bond acceptors (Lipinski definition) is 5. The normalized spacial score (nSPS) is 15.5. The van der Waals surface area contributed by atoms with Gasteiger partial charge in [-0.25, -0.2) is 0 Å². The molecule has 6 nitrogen and oxygen atoms in total. The van der Waals surface area contributed by atoms with Crippen LogP contribution < -0.4 is 14.2 Å². The molecule has 0 saturated heterocycles. The summed E-state index contributed by atoms with van der Waals surface area (Å²) in [6.45, 7) is -1.22. The molecule has 0 atom stereocenters. The molecule has 0 spiro atoms. The number of alkyl halides is 2. The minimum absolute atomic E-state index is 0.0190. The molecule has 0 radical (unpaired) electrons. The molecule has 32 heavy (non-hydrogen) atoms. The Labute approximate surface area is 186 Å². The standard InChI is InChI=1S/C24H28F2N2O4/c1-27(13-17-6-9-20(10-7-17)32-24(25)26)23(29)15-28(19-4-2-3-5-19)14-18-8-11-21-22(12-18)31-16-30-21/h6-12,19,24H,2-5,13-16H2,1H3. The summed E-state index contributed by atoms with van der Waals surface area (Å²) in [6, 6.07) is 12.7. The van der Waals surface area contributed by atoms with E-state index in [1.807, 2.05) is 18.2 Å². The molecule has 2 aliphatic rings. The van der Waals surface area contributed by atoms with Crippen molar-refractivity contribution in [3.05, 3.63) is 53.6 Å². The van der Waals surface area contributed by atoms with E-state index in [0.717, 1.165) is 35.5 Å². The number of carbonyl (C=O) groups is 1. The fourth-order valence-corrected chi connectivity index (χ4v) is 4.29. The van der Waals surface area contributed by atoms with Crippen LogP contribution >= 0.6 is 0 Å². The van der Waals surface area contributed by atoms with E-state index >= 15 is 0 Å². The third kappa shape index (κ3) is 5.68. The van der Waals surface area contributed by atoms with Gasteiger partial charge in [0.15, 0.2) is 11.5 Å². The van der Waals surface area contributed by atoms with Crippen molar-refractivity contribution in [2.75, 3.05) is 20.4 Å². The molecular formula is C24H28F2N2O4. The number of fused-ring (bicyclic) bond motifs is 1. The molecule has 8 heteroatoms. The lowest BCUT2D eigenvalue weighted by Crippen LogP contribution is -2.42. The van der Waals surface area contributed by atoms with Crippen LogP contribution in [0, 0.1) is 0 Å². The van der Waals surface area contributed by atoms with Gasteiger partial charge in [-0.05, 0) is 48.2 Å². The van der Waals surface area contributed by atoms with Crippen molar-refractivity contribution in [1.29, 1.82) is 0 Å². The van der Waals surface area contributed by atoms with Gasteiger partial charge in [0.05, 0.1) is 6.54 Å². The zero-order chi connectivity index (χ0) is 22.5. The molecule has 2 aromatic carbocycles. The number of nitrogens with zero attached hydrogens (tertiary/aromatic N) is 2.